The maximum atomic E-state index is 12.4. The lowest BCUT2D eigenvalue weighted by Gasteiger charge is -2.07. The van der Waals surface area contributed by atoms with E-state index in [9.17, 15) is 13.2 Å². The van der Waals surface area contributed by atoms with Gasteiger partial charge in [-0.15, -0.1) is 0 Å². The van der Waals surface area contributed by atoms with Gasteiger partial charge in [-0.2, -0.15) is 0 Å². The highest BCUT2D eigenvalue weighted by molar-refractivity contribution is 7.89. The third-order valence-electron chi connectivity index (χ3n) is 3.85. The van der Waals surface area contributed by atoms with Crippen molar-refractivity contribution in [2.24, 2.45) is 0 Å². The number of aromatic nitrogens is 1. The summed E-state index contributed by atoms with van der Waals surface area (Å²) in [5, 5.41) is 0. The van der Waals surface area contributed by atoms with Crippen LogP contribution in [0.15, 0.2) is 56.6 Å². The molecule has 0 spiro atoms. The van der Waals surface area contributed by atoms with Crippen LogP contribution in [0.3, 0.4) is 0 Å². The van der Waals surface area contributed by atoms with Crippen molar-refractivity contribution in [1.82, 2.24) is 9.29 Å². The van der Waals surface area contributed by atoms with Crippen molar-refractivity contribution in [3.05, 3.63) is 64.1 Å². The first kappa shape index (κ1) is 16.5. The second kappa shape index (κ2) is 6.26. The standard InChI is InChI=1S/C17H18N2O4S/c1-3-19-15-9-8-14(10-16(15)23-17(19)20)24(21,22)18-11-13-6-4-12(2)5-7-13/h4-10,18H,3,11H2,1-2H3. The predicted molar refractivity (Wildman–Crippen MR) is 91.4 cm³/mol. The second-order valence-corrected chi connectivity index (χ2v) is 7.32. The van der Waals surface area contributed by atoms with Crippen LogP contribution < -0.4 is 10.5 Å². The van der Waals surface area contributed by atoms with Crippen molar-refractivity contribution in [2.45, 2.75) is 31.8 Å². The summed E-state index contributed by atoms with van der Waals surface area (Å²) in [7, 11) is -3.69. The molecule has 0 fully saturated rings. The average Bonchev–Trinajstić information content (AvgIpc) is 2.88. The highest BCUT2D eigenvalue weighted by Crippen LogP contribution is 2.18. The SMILES string of the molecule is CCn1c(=O)oc2cc(S(=O)(=O)NCc3ccc(C)cc3)ccc21. The lowest BCUT2D eigenvalue weighted by Crippen LogP contribution is -2.23. The Morgan fingerprint density at radius 1 is 1.12 bits per heavy atom. The summed E-state index contributed by atoms with van der Waals surface area (Å²) < 4.78 is 34.0. The fourth-order valence-corrected chi connectivity index (χ4v) is 3.51. The Morgan fingerprint density at radius 2 is 1.83 bits per heavy atom. The van der Waals surface area contributed by atoms with Gasteiger partial charge in [-0.25, -0.2) is 17.9 Å². The van der Waals surface area contributed by atoms with Crippen molar-refractivity contribution >= 4 is 21.1 Å². The molecule has 0 aliphatic heterocycles. The molecule has 0 saturated carbocycles. The zero-order valence-corrected chi connectivity index (χ0v) is 14.3. The molecule has 126 valence electrons. The molecule has 2 aromatic carbocycles. The Kier molecular flexibility index (Phi) is 4.29. The third-order valence-corrected chi connectivity index (χ3v) is 5.25. The molecule has 0 atom stereocenters. The predicted octanol–water partition coefficient (Wildman–Crippen LogP) is 2.40. The smallest absolute Gasteiger partial charge is 0.408 e. The van der Waals surface area contributed by atoms with Gasteiger partial charge >= 0.3 is 5.76 Å². The molecular formula is C17H18N2O4S. The lowest BCUT2D eigenvalue weighted by molar-refractivity contribution is 0.512. The molecule has 1 heterocycles. The van der Waals surface area contributed by atoms with Crippen LogP contribution in [0.4, 0.5) is 0 Å². The zero-order valence-electron chi connectivity index (χ0n) is 13.4. The molecule has 3 aromatic rings. The Labute approximate surface area is 139 Å². The largest absolute Gasteiger partial charge is 0.419 e. The van der Waals surface area contributed by atoms with Gasteiger partial charge in [-0.3, -0.25) is 4.57 Å². The number of rotatable bonds is 5. The number of oxazole rings is 1. The van der Waals surface area contributed by atoms with E-state index in [1.165, 1.54) is 16.7 Å². The van der Waals surface area contributed by atoms with E-state index in [1.807, 2.05) is 38.1 Å². The summed E-state index contributed by atoms with van der Waals surface area (Å²) in [6, 6.07) is 12.0. The number of hydrogen-bond donors (Lipinski definition) is 1. The van der Waals surface area contributed by atoms with E-state index >= 15 is 0 Å². The number of nitrogens with zero attached hydrogens (tertiary/aromatic N) is 1. The van der Waals surface area contributed by atoms with Crippen molar-refractivity contribution in [3.63, 3.8) is 0 Å². The summed E-state index contributed by atoms with van der Waals surface area (Å²) >= 11 is 0. The van der Waals surface area contributed by atoms with Gasteiger partial charge < -0.3 is 4.42 Å². The Balaban J connectivity index is 1.87. The van der Waals surface area contributed by atoms with Gasteiger partial charge in [-0.1, -0.05) is 29.8 Å². The Hall–Kier alpha value is -2.38. The summed E-state index contributed by atoms with van der Waals surface area (Å²) in [4.78, 5) is 11.8. The fraction of sp³-hybridized carbons (Fsp3) is 0.235. The number of sulfonamides is 1. The molecule has 0 aliphatic carbocycles. The number of aryl methyl sites for hydroxylation is 2. The van der Waals surface area contributed by atoms with Crippen LogP contribution in [0.5, 0.6) is 0 Å². The molecule has 0 amide bonds. The van der Waals surface area contributed by atoms with Crippen LogP contribution >= 0.6 is 0 Å². The molecule has 0 unspecified atom stereocenters. The summed E-state index contributed by atoms with van der Waals surface area (Å²) in [5.74, 6) is -0.491. The van der Waals surface area contributed by atoms with E-state index in [4.69, 9.17) is 4.42 Å². The van der Waals surface area contributed by atoms with Gasteiger partial charge in [0.25, 0.3) is 0 Å². The van der Waals surface area contributed by atoms with E-state index in [0.717, 1.165) is 11.1 Å². The van der Waals surface area contributed by atoms with Crippen molar-refractivity contribution < 1.29 is 12.8 Å². The molecule has 3 rings (SSSR count). The van der Waals surface area contributed by atoms with Gasteiger partial charge in [0.1, 0.15) is 0 Å². The molecule has 1 N–H and O–H groups in total. The molecule has 7 heteroatoms. The quantitative estimate of drug-likeness (QED) is 0.769. The van der Waals surface area contributed by atoms with Crippen molar-refractivity contribution in [3.8, 4) is 0 Å². The summed E-state index contributed by atoms with van der Waals surface area (Å²) in [6.07, 6.45) is 0. The highest BCUT2D eigenvalue weighted by atomic mass is 32.2. The second-order valence-electron chi connectivity index (χ2n) is 5.55. The Morgan fingerprint density at radius 3 is 2.50 bits per heavy atom. The van der Waals surface area contributed by atoms with Gasteiger partial charge in [0.05, 0.1) is 10.4 Å². The monoisotopic (exact) mass is 346 g/mol. The normalized spacial score (nSPS) is 11.9. The molecule has 24 heavy (non-hydrogen) atoms. The van der Waals surface area contributed by atoms with Gasteiger partial charge in [-0.05, 0) is 31.5 Å². The minimum absolute atomic E-state index is 0.0686. The average molecular weight is 346 g/mol. The molecule has 0 saturated heterocycles. The summed E-state index contributed by atoms with van der Waals surface area (Å²) in [5.41, 5.74) is 2.83. The van der Waals surface area contributed by atoms with E-state index in [2.05, 4.69) is 4.72 Å². The van der Waals surface area contributed by atoms with Crippen LogP contribution in [0, 0.1) is 6.92 Å². The molecule has 6 nitrogen and oxygen atoms in total. The van der Waals surface area contributed by atoms with Crippen LogP contribution in [0.2, 0.25) is 0 Å². The van der Waals surface area contributed by atoms with Crippen LogP contribution in [-0.4, -0.2) is 13.0 Å². The van der Waals surface area contributed by atoms with Crippen molar-refractivity contribution in [2.75, 3.05) is 0 Å². The zero-order chi connectivity index (χ0) is 17.3. The van der Waals surface area contributed by atoms with E-state index in [0.29, 0.717) is 12.1 Å². The summed E-state index contributed by atoms with van der Waals surface area (Å²) in [6.45, 7) is 4.45. The maximum absolute atomic E-state index is 12.4. The first-order valence-corrected chi connectivity index (χ1v) is 9.07. The molecule has 0 aliphatic rings. The van der Waals surface area contributed by atoms with Gasteiger partial charge in [0.15, 0.2) is 5.58 Å². The topological polar surface area (TPSA) is 81.3 Å². The van der Waals surface area contributed by atoms with Gasteiger partial charge in [0.2, 0.25) is 10.0 Å². The minimum Gasteiger partial charge on any atom is -0.408 e. The number of fused-ring (bicyclic) bond motifs is 1. The highest BCUT2D eigenvalue weighted by Gasteiger charge is 2.17. The van der Waals surface area contributed by atoms with Crippen LogP contribution in [0.25, 0.3) is 11.1 Å². The molecule has 0 radical (unpaired) electrons. The van der Waals surface area contributed by atoms with Crippen LogP contribution in [0.1, 0.15) is 18.1 Å². The fourth-order valence-electron chi connectivity index (χ4n) is 2.48. The first-order chi connectivity index (χ1) is 11.4. The molecule has 1 aromatic heterocycles. The van der Waals surface area contributed by atoms with Crippen LogP contribution in [-0.2, 0) is 23.1 Å². The van der Waals surface area contributed by atoms with Crippen molar-refractivity contribution in [1.29, 1.82) is 0 Å². The maximum Gasteiger partial charge on any atom is 0.419 e. The minimum atomic E-state index is -3.69. The number of nitrogens with one attached hydrogen (secondary N) is 1. The number of hydrogen-bond acceptors (Lipinski definition) is 4. The number of benzene rings is 2. The molecule has 0 bridgehead atoms. The van der Waals surface area contributed by atoms with E-state index in [1.54, 1.807) is 6.07 Å². The van der Waals surface area contributed by atoms with E-state index in [-0.39, 0.29) is 17.0 Å². The third kappa shape index (κ3) is 3.13. The molecular weight excluding hydrogens is 328 g/mol. The first-order valence-electron chi connectivity index (χ1n) is 7.59. The lowest BCUT2D eigenvalue weighted by atomic mass is 10.2. The van der Waals surface area contributed by atoms with E-state index < -0.39 is 15.8 Å². The van der Waals surface area contributed by atoms with Gasteiger partial charge in [0, 0.05) is 19.2 Å². The Bertz CT molecular complexity index is 1030.